The highest BCUT2D eigenvalue weighted by atomic mass is 16.6. The van der Waals surface area contributed by atoms with Gasteiger partial charge in [-0.05, 0) is 43.9 Å². The average molecular weight is 250 g/mol. The summed E-state index contributed by atoms with van der Waals surface area (Å²) in [5.41, 5.74) is 2.32. The Morgan fingerprint density at radius 3 is 2.83 bits per heavy atom. The molecule has 18 heavy (non-hydrogen) atoms. The van der Waals surface area contributed by atoms with Crippen molar-refractivity contribution in [2.75, 3.05) is 0 Å². The van der Waals surface area contributed by atoms with Crippen LogP contribution in [0.3, 0.4) is 0 Å². The van der Waals surface area contributed by atoms with E-state index in [9.17, 15) is 9.90 Å². The van der Waals surface area contributed by atoms with E-state index in [1.807, 2.05) is 0 Å². The number of cyclic esters (lactones) is 1. The first-order valence-electron chi connectivity index (χ1n) is 6.70. The van der Waals surface area contributed by atoms with E-state index < -0.39 is 12.3 Å². The van der Waals surface area contributed by atoms with E-state index >= 15 is 0 Å². The zero-order valence-electron chi connectivity index (χ0n) is 11.4. The lowest BCUT2D eigenvalue weighted by atomic mass is 9.65. The number of aliphatic hydroxyl groups excluding tert-OH is 1. The largest absolute Gasteiger partial charge is 0.429 e. The number of allylic oxidation sites excluding steroid dienone is 2. The Balaban J connectivity index is 2.05. The maximum Gasteiger partial charge on any atom is 0.333 e. The Labute approximate surface area is 109 Å². The molecule has 3 nitrogen and oxygen atoms in total. The van der Waals surface area contributed by atoms with Crippen molar-refractivity contribution < 1.29 is 14.6 Å². The Bertz CT molecular complexity index is 408. The van der Waals surface area contributed by atoms with E-state index in [-0.39, 0.29) is 5.41 Å². The Hall–Kier alpha value is -1.09. The number of hydrogen-bond acceptors (Lipinski definition) is 3. The Kier molecular flexibility index (Phi) is 3.62. The first-order chi connectivity index (χ1) is 8.43. The molecule has 2 rings (SSSR count). The molecule has 0 bridgehead atoms. The first-order valence-corrected chi connectivity index (χ1v) is 6.70. The maximum atomic E-state index is 11.1. The van der Waals surface area contributed by atoms with Crippen LogP contribution in [0.2, 0.25) is 0 Å². The molecule has 0 aromatic carbocycles. The third-order valence-corrected chi connectivity index (χ3v) is 4.82. The Morgan fingerprint density at radius 2 is 2.28 bits per heavy atom. The summed E-state index contributed by atoms with van der Waals surface area (Å²) in [5, 5.41) is 9.58. The molecular formula is C15H22O3. The fourth-order valence-corrected chi connectivity index (χ4v) is 2.98. The zero-order chi connectivity index (χ0) is 13.3. The third kappa shape index (κ3) is 2.37. The van der Waals surface area contributed by atoms with Crippen LogP contribution in [0.4, 0.5) is 0 Å². The predicted octanol–water partition coefficient (Wildman–Crippen LogP) is 2.95. The van der Waals surface area contributed by atoms with Crippen LogP contribution in [0.15, 0.2) is 23.3 Å². The van der Waals surface area contributed by atoms with Crippen molar-refractivity contribution in [2.24, 2.45) is 11.3 Å². The SMILES string of the molecule is CC1=CCCC(C)C1(C)CCC1=CC(=O)OC1O. The van der Waals surface area contributed by atoms with Crippen LogP contribution in [-0.2, 0) is 9.53 Å². The lowest BCUT2D eigenvalue weighted by Gasteiger charge is -2.40. The molecule has 1 aliphatic heterocycles. The second-order valence-corrected chi connectivity index (χ2v) is 5.79. The number of carbonyl (C=O) groups is 1. The topological polar surface area (TPSA) is 46.5 Å². The highest BCUT2D eigenvalue weighted by molar-refractivity contribution is 5.85. The molecule has 3 atom stereocenters. The molecular weight excluding hydrogens is 228 g/mol. The minimum atomic E-state index is -1.02. The zero-order valence-corrected chi connectivity index (χ0v) is 11.4. The summed E-state index contributed by atoms with van der Waals surface area (Å²) >= 11 is 0. The molecule has 1 aliphatic carbocycles. The Morgan fingerprint density at radius 1 is 1.56 bits per heavy atom. The van der Waals surface area contributed by atoms with Gasteiger partial charge in [-0.1, -0.05) is 25.5 Å². The summed E-state index contributed by atoms with van der Waals surface area (Å²) in [6.07, 6.45) is 6.78. The quantitative estimate of drug-likeness (QED) is 0.618. The minimum Gasteiger partial charge on any atom is -0.429 e. The van der Waals surface area contributed by atoms with Gasteiger partial charge in [-0.25, -0.2) is 4.79 Å². The predicted molar refractivity (Wildman–Crippen MR) is 69.7 cm³/mol. The van der Waals surface area contributed by atoms with Gasteiger partial charge in [0.05, 0.1) is 0 Å². The van der Waals surface area contributed by atoms with E-state index in [0.717, 1.165) is 19.3 Å². The van der Waals surface area contributed by atoms with Crippen molar-refractivity contribution in [3.05, 3.63) is 23.3 Å². The molecule has 100 valence electrons. The summed E-state index contributed by atoms with van der Waals surface area (Å²) in [4.78, 5) is 11.1. The van der Waals surface area contributed by atoms with Crippen LogP contribution in [0, 0.1) is 11.3 Å². The normalized spacial score (nSPS) is 36.1. The van der Waals surface area contributed by atoms with Gasteiger partial charge in [0.1, 0.15) is 0 Å². The lowest BCUT2D eigenvalue weighted by molar-refractivity contribution is -0.151. The standard InChI is InChI=1S/C15H22O3/c1-10-5-4-6-11(2)15(10,3)8-7-12-9-13(16)18-14(12)17/h5,9,11,14,17H,4,6-8H2,1-3H3. The summed E-state index contributed by atoms with van der Waals surface area (Å²) in [6, 6.07) is 0. The molecule has 0 saturated carbocycles. The molecule has 0 radical (unpaired) electrons. The number of carbonyl (C=O) groups excluding carboxylic acids is 1. The van der Waals surface area contributed by atoms with Crippen molar-refractivity contribution in [3.63, 3.8) is 0 Å². The molecule has 1 N–H and O–H groups in total. The molecule has 0 spiro atoms. The summed E-state index contributed by atoms with van der Waals surface area (Å²) in [5.74, 6) is 0.213. The number of rotatable bonds is 3. The van der Waals surface area contributed by atoms with E-state index in [1.165, 1.54) is 18.1 Å². The molecule has 2 aliphatic rings. The molecule has 0 aromatic rings. The van der Waals surface area contributed by atoms with Gasteiger partial charge in [-0.2, -0.15) is 0 Å². The second kappa shape index (κ2) is 4.88. The van der Waals surface area contributed by atoms with E-state index in [0.29, 0.717) is 11.5 Å². The highest BCUT2D eigenvalue weighted by Crippen LogP contribution is 2.46. The van der Waals surface area contributed by atoms with Crippen LogP contribution in [0.25, 0.3) is 0 Å². The van der Waals surface area contributed by atoms with E-state index in [4.69, 9.17) is 4.74 Å². The highest BCUT2D eigenvalue weighted by Gasteiger charge is 2.35. The van der Waals surface area contributed by atoms with E-state index in [1.54, 1.807) is 0 Å². The van der Waals surface area contributed by atoms with Crippen molar-refractivity contribution >= 4 is 5.97 Å². The smallest absolute Gasteiger partial charge is 0.333 e. The fourth-order valence-electron chi connectivity index (χ4n) is 2.98. The monoisotopic (exact) mass is 250 g/mol. The molecule has 1 heterocycles. The van der Waals surface area contributed by atoms with Gasteiger partial charge in [0.2, 0.25) is 6.29 Å². The maximum absolute atomic E-state index is 11.1. The lowest BCUT2D eigenvalue weighted by Crippen LogP contribution is -2.30. The molecule has 0 saturated heterocycles. The van der Waals surface area contributed by atoms with Gasteiger partial charge in [0.15, 0.2) is 0 Å². The van der Waals surface area contributed by atoms with Crippen molar-refractivity contribution in [2.45, 2.75) is 52.7 Å². The van der Waals surface area contributed by atoms with E-state index in [2.05, 4.69) is 26.8 Å². The van der Waals surface area contributed by atoms with Gasteiger partial charge in [0.25, 0.3) is 0 Å². The number of ether oxygens (including phenoxy) is 1. The van der Waals surface area contributed by atoms with Gasteiger partial charge < -0.3 is 9.84 Å². The van der Waals surface area contributed by atoms with Gasteiger partial charge in [-0.3, -0.25) is 0 Å². The van der Waals surface area contributed by atoms with Gasteiger partial charge >= 0.3 is 5.97 Å². The summed E-state index contributed by atoms with van der Waals surface area (Å²) in [7, 11) is 0. The van der Waals surface area contributed by atoms with Gasteiger partial charge in [0, 0.05) is 11.6 Å². The van der Waals surface area contributed by atoms with Crippen LogP contribution in [-0.4, -0.2) is 17.4 Å². The number of aliphatic hydroxyl groups is 1. The summed E-state index contributed by atoms with van der Waals surface area (Å²) < 4.78 is 4.71. The molecule has 0 fully saturated rings. The van der Waals surface area contributed by atoms with Crippen LogP contribution in [0.1, 0.15) is 46.5 Å². The minimum absolute atomic E-state index is 0.171. The second-order valence-electron chi connectivity index (χ2n) is 5.79. The average Bonchev–Trinajstić information content (AvgIpc) is 2.62. The molecule has 3 unspecified atom stereocenters. The van der Waals surface area contributed by atoms with Crippen molar-refractivity contribution in [1.82, 2.24) is 0 Å². The van der Waals surface area contributed by atoms with Crippen LogP contribution >= 0.6 is 0 Å². The number of esters is 1. The summed E-state index contributed by atoms with van der Waals surface area (Å²) in [6.45, 7) is 6.77. The van der Waals surface area contributed by atoms with Crippen molar-refractivity contribution in [1.29, 1.82) is 0 Å². The third-order valence-electron chi connectivity index (χ3n) is 4.82. The molecule has 3 heteroatoms. The van der Waals surface area contributed by atoms with Crippen molar-refractivity contribution in [3.8, 4) is 0 Å². The first kappa shape index (κ1) is 13.3. The molecule has 0 amide bonds. The van der Waals surface area contributed by atoms with Gasteiger partial charge in [-0.15, -0.1) is 0 Å². The fraction of sp³-hybridized carbons (Fsp3) is 0.667. The van der Waals surface area contributed by atoms with Crippen LogP contribution < -0.4 is 0 Å². The molecule has 0 aromatic heterocycles. The number of hydrogen-bond donors (Lipinski definition) is 1. The van der Waals surface area contributed by atoms with Crippen LogP contribution in [0.5, 0.6) is 0 Å².